The van der Waals surface area contributed by atoms with Crippen molar-refractivity contribution in [2.24, 2.45) is 0 Å². The molecule has 0 aliphatic rings. The molecule has 4 nitrogen and oxygen atoms in total. The third-order valence-corrected chi connectivity index (χ3v) is 5.47. The maximum absolute atomic E-state index is 11.5. The Bertz CT molecular complexity index is 942. The molecule has 0 fully saturated rings. The monoisotopic (exact) mass is 445 g/mol. The Balaban J connectivity index is 0.000000194. The molecule has 6 heteroatoms. The second kappa shape index (κ2) is 10.7. The number of hydrogen-bond donors (Lipinski definition) is 2. The number of benzene rings is 3. The van der Waals surface area contributed by atoms with Gasteiger partial charge in [0.2, 0.25) is 10.0 Å². The van der Waals surface area contributed by atoms with E-state index in [2.05, 4.69) is 69.2 Å². The van der Waals surface area contributed by atoms with Gasteiger partial charge in [-0.3, -0.25) is 0 Å². The topological polar surface area (TPSA) is 66.4 Å². The summed E-state index contributed by atoms with van der Waals surface area (Å²) in [6, 6.07) is 26.8. The molecule has 27 heavy (non-hydrogen) atoms. The molecule has 0 saturated carbocycles. The molecule has 140 valence electrons. The molecular formula is C21H20BrNO3S. The lowest BCUT2D eigenvalue weighted by Gasteiger charge is -2.03. The van der Waals surface area contributed by atoms with Gasteiger partial charge in [-0.25, -0.2) is 13.1 Å². The molecule has 2 N–H and O–H groups in total. The maximum Gasteiger partial charge on any atom is 0.240 e. The molecule has 0 aromatic heterocycles. The van der Waals surface area contributed by atoms with Crippen LogP contribution in [0.3, 0.4) is 0 Å². The first-order valence-electron chi connectivity index (χ1n) is 8.18. The summed E-state index contributed by atoms with van der Waals surface area (Å²) in [4.78, 5) is 0.214. The van der Waals surface area contributed by atoms with Crippen molar-refractivity contribution in [1.29, 1.82) is 0 Å². The maximum atomic E-state index is 11.5. The minimum Gasteiger partial charge on any atom is -0.516 e. The van der Waals surface area contributed by atoms with E-state index in [0.29, 0.717) is 0 Å². The third kappa shape index (κ3) is 7.02. The van der Waals surface area contributed by atoms with E-state index in [1.54, 1.807) is 18.2 Å². The Kier molecular flexibility index (Phi) is 8.26. The molecule has 0 atom stereocenters. The molecule has 0 amide bonds. The zero-order valence-corrected chi connectivity index (χ0v) is 16.9. The molecule has 3 aromatic carbocycles. The van der Waals surface area contributed by atoms with Gasteiger partial charge in [-0.2, -0.15) is 0 Å². The first-order valence-corrected chi connectivity index (χ1v) is 10.5. The average Bonchev–Trinajstić information content (AvgIpc) is 2.70. The zero-order chi connectivity index (χ0) is 19.5. The van der Waals surface area contributed by atoms with Gasteiger partial charge in [0.1, 0.15) is 0 Å². The van der Waals surface area contributed by atoms with Crippen LogP contribution in [0.25, 0.3) is 11.1 Å². The summed E-state index contributed by atoms with van der Waals surface area (Å²) in [5.41, 5.74) is 2.51. The van der Waals surface area contributed by atoms with Gasteiger partial charge in [-0.05, 0) is 41.5 Å². The Morgan fingerprint density at radius 2 is 1.33 bits per heavy atom. The number of nitrogens with one attached hydrogen (secondary N) is 1. The van der Waals surface area contributed by atoms with E-state index < -0.39 is 10.0 Å². The quantitative estimate of drug-likeness (QED) is 0.533. The average molecular weight is 446 g/mol. The van der Waals surface area contributed by atoms with E-state index in [0.717, 1.165) is 10.7 Å². The van der Waals surface area contributed by atoms with Gasteiger partial charge in [-0.1, -0.05) is 76.6 Å². The van der Waals surface area contributed by atoms with Crippen molar-refractivity contribution in [3.8, 4) is 11.1 Å². The lowest BCUT2D eigenvalue weighted by Crippen LogP contribution is -2.23. The lowest BCUT2D eigenvalue weighted by molar-refractivity contribution is 0.471. The molecule has 0 unspecified atom stereocenters. The molecule has 0 bridgehead atoms. The second-order valence-corrected chi connectivity index (χ2v) is 8.11. The van der Waals surface area contributed by atoms with E-state index >= 15 is 0 Å². The summed E-state index contributed by atoms with van der Waals surface area (Å²) in [6.45, 7) is 0.0771. The van der Waals surface area contributed by atoms with Gasteiger partial charge in [0.15, 0.2) is 0 Å². The van der Waals surface area contributed by atoms with Crippen LogP contribution < -0.4 is 4.72 Å². The predicted octanol–water partition coefficient (Wildman–Crippen LogP) is 5.15. The normalized spacial score (nSPS) is 11.0. The fourth-order valence-electron chi connectivity index (χ4n) is 2.17. The van der Waals surface area contributed by atoms with Gasteiger partial charge in [0.25, 0.3) is 0 Å². The highest BCUT2D eigenvalue weighted by molar-refractivity contribution is 9.10. The molecule has 3 aromatic rings. The minimum atomic E-state index is -3.44. The highest BCUT2D eigenvalue weighted by atomic mass is 79.9. The zero-order valence-electron chi connectivity index (χ0n) is 14.5. The van der Waals surface area contributed by atoms with Crippen LogP contribution >= 0.6 is 15.9 Å². The van der Waals surface area contributed by atoms with Gasteiger partial charge < -0.3 is 5.11 Å². The second-order valence-electron chi connectivity index (χ2n) is 5.42. The van der Waals surface area contributed by atoms with Crippen molar-refractivity contribution in [3.05, 3.63) is 102 Å². The van der Waals surface area contributed by atoms with Crippen LogP contribution in [-0.2, 0) is 10.0 Å². The number of halogens is 1. The summed E-state index contributed by atoms with van der Waals surface area (Å²) in [6.07, 6.45) is 2.11. The molecule has 3 rings (SSSR count). The predicted molar refractivity (Wildman–Crippen MR) is 113 cm³/mol. The molecular weight excluding hydrogens is 426 g/mol. The number of hydrogen-bond acceptors (Lipinski definition) is 3. The number of rotatable bonds is 5. The lowest BCUT2D eigenvalue weighted by atomic mass is 10.1. The summed E-state index contributed by atoms with van der Waals surface area (Å²) in [7, 11) is -3.44. The van der Waals surface area contributed by atoms with Gasteiger partial charge >= 0.3 is 0 Å². The SMILES string of the molecule is Brc1ccc(-c2ccccc2)cc1.O=S(=O)(NCC=CO)c1ccccc1. The Morgan fingerprint density at radius 1 is 0.815 bits per heavy atom. The van der Waals surface area contributed by atoms with Crippen LogP contribution in [0.5, 0.6) is 0 Å². The van der Waals surface area contributed by atoms with Crippen LogP contribution in [0.1, 0.15) is 0 Å². The van der Waals surface area contributed by atoms with Crippen LogP contribution in [-0.4, -0.2) is 20.1 Å². The van der Waals surface area contributed by atoms with Crippen LogP contribution in [0, 0.1) is 0 Å². The third-order valence-electron chi connectivity index (χ3n) is 3.50. The van der Waals surface area contributed by atoms with Gasteiger partial charge in [0, 0.05) is 11.0 Å². The number of sulfonamides is 1. The van der Waals surface area contributed by atoms with E-state index in [-0.39, 0.29) is 11.4 Å². The van der Waals surface area contributed by atoms with Crippen molar-refractivity contribution in [1.82, 2.24) is 4.72 Å². The van der Waals surface area contributed by atoms with E-state index in [1.807, 2.05) is 6.07 Å². The summed E-state index contributed by atoms with van der Waals surface area (Å²) >= 11 is 3.42. The fraction of sp³-hybridized carbons (Fsp3) is 0.0476. The summed E-state index contributed by atoms with van der Waals surface area (Å²) in [5.74, 6) is 0. The molecule has 0 aliphatic heterocycles. The van der Waals surface area contributed by atoms with Crippen molar-refractivity contribution >= 4 is 26.0 Å². The Hall–Kier alpha value is -2.41. The first-order chi connectivity index (χ1) is 13.0. The smallest absolute Gasteiger partial charge is 0.240 e. The highest BCUT2D eigenvalue weighted by Crippen LogP contribution is 2.20. The Labute approximate surface area is 168 Å². The van der Waals surface area contributed by atoms with E-state index in [1.165, 1.54) is 29.3 Å². The van der Waals surface area contributed by atoms with Crippen LogP contribution in [0.2, 0.25) is 0 Å². The van der Waals surface area contributed by atoms with Crippen molar-refractivity contribution in [3.63, 3.8) is 0 Å². The van der Waals surface area contributed by atoms with Crippen molar-refractivity contribution in [2.45, 2.75) is 4.90 Å². The van der Waals surface area contributed by atoms with Crippen molar-refractivity contribution in [2.75, 3.05) is 6.54 Å². The first kappa shape index (κ1) is 20.9. The molecule has 0 radical (unpaired) electrons. The van der Waals surface area contributed by atoms with Crippen LogP contribution in [0.15, 0.2) is 107 Å². The van der Waals surface area contributed by atoms with E-state index in [4.69, 9.17) is 5.11 Å². The number of aliphatic hydroxyl groups excluding tert-OH is 1. The van der Waals surface area contributed by atoms with Gasteiger partial charge in [0.05, 0.1) is 11.2 Å². The molecule has 0 heterocycles. The largest absolute Gasteiger partial charge is 0.516 e. The molecule has 0 aliphatic carbocycles. The number of aliphatic hydroxyl groups is 1. The summed E-state index contributed by atoms with van der Waals surface area (Å²) in [5, 5.41) is 8.32. The minimum absolute atomic E-state index is 0.0771. The highest BCUT2D eigenvalue weighted by Gasteiger charge is 2.10. The Morgan fingerprint density at radius 3 is 1.89 bits per heavy atom. The van der Waals surface area contributed by atoms with Crippen LogP contribution in [0.4, 0.5) is 0 Å². The molecule has 0 spiro atoms. The van der Waals surface area contributed by atoms with E-state index in [9.17, 15) is 8.42 Å². The fourth-order valence-corrected chi connectivity index (χ4v) is 3.43. The van der Waals surface area contributed by atoms with Gasteiger partial charge in [-0.15, -0.1) is 0 Å². The summed E-state index contributed by atoms with van der Waals surface area (Å²) < 4.78 is 26.4. The molecule has 0 saturated heterocycles. The standard InChI is InChI=1S/C12H9Br.C9H11NO3S/c13-12-8-6-11(7-9-12)10-4-2-1-3-5-10;11-8-4-7-10-14(12,13)9-5-2-1-3-6-9/h1-9H;1-6,8,10-11H,7H2. The van der Waals surface area contributed by atoms with Crippen molar-refractivity contribution < 1.29 is 13.5 Å².